The van der Waals surface area contributed by atoms with E-state index in [1.54, 1.807) is 25.1 Å². The van der Waals surface area contributed by atoms with Gasteiger partial charge in [0.1, 0.15) is 9.09 Å². The SMILES string of the molecule is Cc1ccc(NS(=O)(=O)c2cc(C)c(C(=O)O)s2)c(Br)c1. The van der Waals surface area contributed by atoms with Gasteiger partial charge >= 0.3 is 5.97 Å². The summed E-state index contributed by atoms with van der Waals surface area (Å²) >= 11 is 4.04. The predicted molar refractivity (Wildman–Crippen MR) is 85.7 cm³/mol. The van der Waals surface area contributed by atoms with E-state index in [4.69, 9.17) is 5.11 Å². The summed E-state index contributed by atoms with van der Waals surface area (Å²) in [5.41, 5.74) is 1.82. The molecule has 0 saturated heterocycles. The third-order valence-corrected chi connectivity index (χ3v) is 6.44. The Morgan fingerprint density at radius 3 is 2.48 bits per heavy atom. The first kappa shape index (κ1) is 16.0. The lowest BCUT2D eigenvalue weighted by atomic mass is 10.2. The zero-order valence-electron chi connectivity index (χ0n) is 11.2. The van der Waals surface area contributed by atoms with Crippen molar-refractivity contribution in [2.75, 3.05) is 4.72 Å². The van der Waals surface area contributed by atoms with Crippen molar-refractivity contribution in [3.8, 4) is 0 Å². The molecule has 2 N–H and O–H groups in total. The van der Waals surface area contributed by atoms with Crippen LogP contribution in [0.25, 0.3) is 0 Å². The van der Waals surface area contributed by atoms with Crippen LogP contribution in [-0.2, 0) is 10.0 Å². The van der Waals surface area contributed by atoms with E-state index in [2.05, 4.69) is 20.7 Å². The van der Waals surface area contributed by atoms with Crippen LogP contribution in [0.3, 0.4) is 0 Å². The smallest absolute Gasteiger partial charge is 0.346 e. The highest BCUT2D eigenvalue weighted by atomic mass is 79.9. The molecular formula is C13H12BrNO4S2. The summed E-state index contributed by atoms with van der Waals surface area (Å²) in [4.78, 5) is 11.0. The molecule has 0 atom stereocenters. The highest BCUT2D eigenvalue weighted by Gasteiger charge is 2.22. The standard InChI is InChI=1S/C13H12BrNO4S2/c1-7-3-4-10(9(14)5-7)15-21(18,19)11-6-8(2)12(20-11)13(16)17/h3-6,15H,1-2H3,(H,16,17). The molecule has 5 nitrogen and oxygen atoms in total. The van der Waals surface area contributed by atoms with Gasteiger partial charge in [0.2, 0.25) is 0 Å². The van der Waals surface area contributed by atoms with E-state index in [1.165, 1.54) is 6.07 Å². The van der Waals surface area contributed by atoms with Crippen molar-refractivity contribution in [3.05, 3.63) is 44.7 Å². The highest BCUT2D eigenvalue weighted by Crippen LogP contribution is 2.30. The Bertz CT molecular complexity index is 812. The maximum absolute atomic E-state index is 12.3. The Labute approximate surface area is 134 Å². The first-order valence-corrected chi connectivity index (χ1v) is 8.92. The highest BCUT2D eigenvalue weighted by molar-refractivity contribution is 9.10. The van der Waals surface area contributed by atoms with Gasteiger partial charge in [-0.2, -0.15) is 0 Å². The lowest BCUT2D eigenvalue weighted by Crippen LogP contribution is -2.11. The van der Waals surface area contributed by atoms with Gasteiger partial charge < -0.3 is 5.11 Å². The van der Waals surface area contributed by atoms with Crippen molar-refractivity contribution in [1.29, 1.82) is 0 Å². The maximum Gasteiger partial charge on any atom is 0.346 e. The quantitative estimate of drug-likeness (QED) is 0.835. The summed E-state index contributed by atoms with van der Waals surface area (Å²) in [6, 6.07) is 6.58. The second-order valence-corrected chi connectivity index (χ2v) is 8.29. The maximum atomic E-state index is 12.3. The van der Waals surface area contributed by atoms with E-state index < -0.39 is 16.0 Å². The van der Waals surface area contributed by atoms with Crippen LogP contribution in [0.5, 0.6) is 0 Å². The molecule has 0 aliphatic rings. The average molecular weight is 390 g/mol. The molecule has 2 aromatic rings. The molecule has 1 aromatic heterocycles. The summed E-state index contributed by atoms with van der Waals surface area (Å²) in [5.74, 6) is -1.13. The lowest BCUT2D eigenvalue weighted by Gasteiger charge is -2.08. The number of anilines is 1. The summed E-state index contributed by atoms with van der Waals surface area (Å²) in [6.45, 7) is 3.46. The third-order valence-electron chi connectivity index (χ3n) is 2.72. The van der Waals surface area contributed by atoms with Crippen LogP contribution in [0, 0.1) is 13.8 Å². The summed E-state index contributed by atoms with van der Waals surface area (Å²) < 4.78 is 27.7. The molecule has 0 saturated carbocycles. The van der Waals surface area contributed by atoms with Gasteiger partial charge in [-0.1, -0.05) is 6.07 Å². The van der Waals surface area contributed by atoms with E-state index in [0.717, 1.165) is 16.9 Å². The Kier molecular flexibility index (Phi) is 4.40. The normalized spacial score (nSPS) is 11.4. The second kappa shape index (κ2) is 5.78. The number of hydrogen-bond donors (Lipinski definition) is 2. The first-order valence-electron chi connectivity index (χ1n) is 5.83. The topological polar surface area (TPSA) is 83.5 Å². The van der Waals surface area contributed by atoms with Gasteiger partial charge in [0.15, 0.2) is 0 Å². The van der Waals surface area contributed by atoms with Gasteiger partial charge in [-0.3, -0.25) is 4.72 Å². The van der Waals surface area contributed by atoms with Gasteiger partial charge in [-0.25, -0.2) is 13.2 Å². The monoisotopic (exact) mass is 389 g/mol. The van der Waals surface area contributed by atoms with E-state index in [0.29, 0.717) is 15.7 Å². The van der Waals surface area contributed by atoms with Crippen molar-refractivity contribution in [1.82, 2.24) is 0 Å². The number of hydrogen-bond acceptors (Lipinski definition) is 4. The Balaban J connectivity index is 2.38. The predicted octanol–water partition coefficient (Wildman–Crippen LogP) is 3.63. The van der Waals surface area contributed by atoms with Crippen molar-refractivity contribution in [3.63, 3.8) is 0 Å². The van der Waals surface area contributed by atoms with Crippen molar-refractivity contribution in [2.24, 2.45) is 0 Å². The van der Waals surface area contributed by atoms with Crippen LogP contribution < -0.4 is 4.72 Å². The minimum absolute atomic E-state index is 0.0233. The molecule has 1 heterocycles. The molecule has 2 rings (SSSR count). The number of aromatic carboxylic acids is 1. The van der Waals surface area contributed by atoms with Gasteiger partial charge in [0.05, 0.1) is 5.69 Å². The van der Waals surface area contributed by atoms with E-state index in [1.807, 2.05) is 6.92 Å². The fourth-order valence-electron chi connectivity index (χ4n) is 1.70. The van der Waals surface area contributed by atoms with E-state index >= 15 is 0 Å². The summed E-state index contributed by atoms with van der Waals surface area (Å²) in [7, 11) is -3.81. The van der Waals surface area contributed by atoms with Crippen molar-refractivity contribution < 1.29 is 18.3 Å². The first-order chi connectivity index (χ1) is 9.70. The second-order valence-electron chi connectivity index (χ2n) is 4.47. The Morgan fingerprint density at radius 2 is 1.95 bits per heavy atom. The molecule has 0 aliphatic carbocycles. The lowest BCUT2D eigenvalue weighted by molar-refractivity contribution is 0.0701. The van der Waals surface area contributed by atoms with E-state index in [9.17, 15) is 13.2 Å². The number of carboxylic acid groups (broad SMARTS) is 1. The number of rotatable bonds is 4. The van der Waals surface area contributed by atoms with Crippen molar-refractivity contribution in [2.45, 2.75) is 18.1 Å². The van der Waals surface area contributed by atoms with E-state index in [-0.39, 0.29) is 9.09 Å². The fourth-order valence-corrected chi connectivity index (χ4v) is 4.88. The molecule has 0 aliphatic heterocycles. The Morgan fingerprint density at radius 1 is 1.29 bits per heavy atom. The minimum Gasteiger partial charge on any atom is -0.477 e. The van der Waals surface area contributed by atoms with Crippen LogP contribution in [0.15, 0.2) is 32.9 Å². The zero-order valence-corrected chi connectivity index (χ0v) is 14.4. The van der Waals surface area contributed by atoms with Crippen LogP contribution in [0.2, 0.25) is 0 Å². The average Bonchev–Trinajstić information content (AvgIpc) is 2.76. The largest absolute Gasteiger partial charge is 0.477 e. The number of nitrogens with one attached hydrogen (secondary N) is 1. The van der Waals surface area contributed by atoms with Crippen LogP contribution in [-0.4, -0.2) is 19.5 Å². The number of halogens is 1. The summed E-state index contributed by atoms with van der Waals surface area (Å²) in [6.07, 6.45) is 0. The molecule has 0 spiro atoms. The van der Waals surface area contributed by atoms with Gasteiger partial charge in [-0.15, -0.1) is 11.3 Å². The van der Waals surface area contributed by atoms with Crippen LogP contribution >= 0.6 is 27.3 Å². The molecule has 0 fully saturated rings. The number of benzene rings is 1. The molecule has 0 radical (unpaired) electrons. The molecule has 0 bridgehead atoms. The van der Waals surface area contributed by atoms with Gasteiger partial charge in [0.25, 0.3) is 10.0 Å². The molecule has 0 unspecified atom stereocenters. The Hall–Kier alpha value is -1.38. The molecular weight excluding hydrogens is 378 g/mol. The molecule has 0 amide bonds. The number of aryl methyl sites for hydroxylation is 2. The van der Waals surface area contributed by atoms with Crippen molar-refractivity contribution >= 4 is 48.9 Å². The number of sulfonamides is 1. The van der Waals surface area contributed by atoms with Gasteiger partial charge in [-0.05, 0) is 59.1 Å². The molecule has 112 valence electrons. The number of carbonyl (C=O) groups is 1. The van der Waals surface area contributed by atoms with Gasteiger partial charge in [0, 0.05) is 4.47 Å². The molecule has 8 heteroatoms. The molecule has 21 heavy (non-hydrogen) atoms. The number of thiophene rings is 1. The summed E-state index contributed by atoms with van der Waals surface area (Å²) in [5, 5.41) is 9.00. The fraction of sp³-hybridized carbons (Fsp3) is 0.154. The minimum atomic E-state index is -3.81. The number of carboxylic acids is 1. The molecule has 1 aromatic carbocycles. The van der Waals surface area contributed by atoms with Crippen LogP contribution in [0.4, 0.5) is 5.69 Å². The van der Waals surface area contributed by atoms with Crippen LogP contribution in [0.1, 0.15) is 20.8 Å². The third kappa shape index (κ3) is 3.45. The zero-order chi connectivity index (χ0) is 15.8.